The number of nitrogens with one attached hydrogen (secondary N) is 1. The zero-order valence-corrected chi connectivity index (χ0v) is 16.4. The smallest absolute Gasteiger partial charge is 0.447 e. The van der Waals surface area contributed by atoms with Crippen molar-refractivity contribution in [2.75, 3.05) is 74.1 Å². The second-order valence-corrected chi connectivity index (χ2v) is 6.48. The molecular weight excluding hydrogens is 373 g/mol. The number of phosphoric ester groups is 1. The molecule has 2 unspecified atom stereocenters. The van der Waals surface area contributed by atoms with Crippen LogP contribution in [0.25, 0.3) is 0 Å². The van der Waals surface area contributed by atoms with Crippen LogP contribution in [0, 0.1) is 0 Å². The maximum atomic E-state index is 11.6. The van der Waals surface area contributed by atoms with Gasteiger partial charge in [0.2, 0.25) is 0 Å². The van der Waals surface area contributed by atoms with Crippen LogP contribution in [0.15, 0.2) is 0 Å². The van der Waals surface area contributed by atoms with E-state index < -0.39 is 20.0 Å². The third-order valence-electron chi connectivity index (χ3n) is 2.85. The van der Waals surface area contributed by atoms with E-state index >= 15 is 0 Å². The summed E-state index contributed by atoms with van der Waals surface area (Å²) in [6.07, 6.45) is -0.754. The molecule has 0 fully saturated rings. The Hall–Kier alpha value is -0.780. The van der Waals surface area contributed by atoms with Crippen LogP contribution in [-0.4, -0.2) is 91.2 Å². The highest BCUT2D eigenvalue weighted by Crippen LogP contribution is 2.41. The molecule has 0 saturated carbocycles. The Morgan fingerprint density at radius 2 is 1.73 bits per heavy atom. The Morgan fingerprint density at radius 3 is 2.38 bits per heavy atom. The van der Waals surface area contributed by atoms with Crippen LogP contribution in [-0.2, 0) is 37.3 Å². The van der Waals surface area contributed by atoms with Gasteiger partial charge in [-0.2, -0.15) is 0 Å². The van der Waals surface area contributed by atoms with Crippen molar-refractivity contribution in [3.63, 3.8) is 0 Å². The molecule has 2 N–H and O–H groups in total. The van der Waals surface area contributed by atoms with Crippen LogP contribution in [0.4, 0.5) is 4.79 Å². The molecule has 0 rings (SSSR count). The molecule has 0 heterocycles. The van der Waals surface area contributed by atoms with Crippen LogP contribution >= 0.6 is 7.82 Å². The van der Waals surface area contributed by atoms with Crippen molar-refractivity contribution in [3.05, 3.63) is 0 Å². The molecule has 0 spiro atoms. The molecule has 0 aliphatic rings. The summed E-state index contributed by atoms with van der Waals surface area (Å²) in [5.41, 5.74) is 0. The quantitative estimate of drug-likeness (QED) is 0.262. The van der Waals surface area contributed by atoms with Crippen LogP contribution in [0.3, 0.4) is 0 Å². The Bertz CT molecular complexity index is 398. The van der Waals surface area contributed by atoms with Crippen LogP contribution in [0.1, 0.15) is 6.42 Å². The van der Waals surface area contributed by atoms with Gasteiger partial charge in [-0.1, -0.05) is 0 Å². The van der Waals surface area contributed by atoms with Gasteiger partial charge in [-0.3, -0.25) is 9.05 Å². The number of hydrogen-bond acceptors (Lipinski definition) is 9. The van der Waals surface area contributed by atoms with Gasteiger partial charge in [-0.25, -0.2) is 9.36 Å². The summed E-state index contributed by atoms with van der Waals surface area (Å²) in [5, 5.41) is 2.49. The Balaban J connectivity index is 3.92. The van der Waals surface area contributed by atoms with E-state index in [4.69, 9.17) is 28.6 Å². The Kier molecular flexibility index (Phi) is 15.9. The standard InChI is InChI=1S/C14H30NO10P/c1-19-7-9-22-11-13(23-10-8-20-2)12-24-14(16)15-5-4-6-25-26(17,18)21-3/h13H,4-12H2,1-3H3,(H,15,16)(H,17,18). The number of ether oxygens (including phenoxy) is 5. The average Bonchev–Trinajstić information content (AvgIpc) is 2.62. The molecular formula is C14H30NO10P. The van der Waals surface area contributed by atoms with E-state index in [-0.39, 0.29) is 26.4 Å². The second-order valence-electron chi connectivity index (χ2n) is 4.92. The molecule has 11 nitrogen and oxygen atoms in total. The molecule has 12 heteroatoms. The molecule has 26 heavy (non-hydrogen) atoms. The first kappa shape index (κ1) is 25.2. The summed E-state index contributed by atoms with van der Waals surface area (Å²) >= 11 is 0. The first-order chi connectivity index (χ1) is 12.4. The fourth-order valence-corrected chi connectivity index (χ4v) is 1.98. The van der Waals surface area contributed by atoms with Gasteiger partial charge in [0.05, 0.1) is 39.6 Å². The minimum atomic E-state index is -3.99. The number of hydrogen-bond donors (Lipinski definition) is 2. The highest BCUT2D eigenvalue weighted by molar-refractivity contribution is 7.47. The van der Waals surface area contributed by atoms with Gasteiger partial charge < -0.3 is 33.9 Å². The lowest BCUT2D eigenvalue weighted by Crippen LogP contribution is -2.33. The average molecular weight is 403 g/mol. The minimum absolute atomic E-state index is 0.00848. The van der Waals surface area contributed by atoms with Crippen LogP contribution in [0.5, 0.6) is 0 Å². The lowest BCUT2D eigenvalue weighted by atomic mass is 10.4. The molecule has 0 aliphatic heterocycles. The van der Waals surface area contributed by atoms with Crippen molar-refractivity contribution in [1.29, 1.82) is 0 Å². The van der Waals surface area contributed by atoms with Crippen molar-refractivity contribution in [2.24, 2.45) is 0 Å². The maximum absolute atomic E-state index is 11.6. The van der Waals surface area contributed by atoms with Gasteiger partial charge in [0, 0.05) is 27.9 Å². The Labute approximate surface area is 153 Å². The number of carbonyl (C=O) groups is 1. The zero-order chi connectivity index (χ0) is 19.7. The van der Waals surface area contributed by atoms with E-state index in [1.54, 1.807) is 14.2 Å². The molecule has 156 valence electrons. The van der Waals surface area contributed by atoms with Crippen molar-refractivity contribution in [2.45, 2.75) is 12.5 Å². The normalized spacial score (nSPS) is 14.6. The third kappa shape index (κ3) is 15.5. The van der Waals surface area contributed by atoms with E-state index in [0.717, 1.165) is 7.11 Å². The molecule has 0 aliphatic carbocycles. The number of rotatable bonds is 17. The fourth-order valence-electron chi connectivity index (χ4n) is 1.51. The van der Waals surface area contributed by atoms with Gasteiger partial charge in [0.15, 0.2) is 0 Å². The first-order valence-electron chi connectivity index (χ1n) is 8.06. The SMILES string of the molecule is COCCOCC(COC(=O)NCCCOP(=O)(O)OC)OCCOC. The number of amides is 1. The summed E-state index contributed by atoms with van der Waals surface area (Å²) in [7, 11) is 0.215. The van der Waals surface area contributed by atoms with Crippen LogP contribution in [0.2, 0.25) is 0 Å². The lowest BCUT2D eigenvalue weighted by Gasteiger charge is -2.18. The lowest BCUT2D eigenvalue weighted by molar-refractivity contribution is -0.0624. The van der Waals surface area contributed by atoms with Gasteiger partial charge in [-0.05, 0) is 6.42 Å². The largest absolute Gasteiger partial charge is 0.471 e. The minimum Gasteiger partial charge on any atom is -0.447 e. The number of carbonyl (C=O) groups excluding carboxylic acids is 1. The molecule has 0 bridgehead atoms. The van der Waals surface area contributed by atoms with Gasteiger partial charge in [0.1, 0.15) is 12.7 Å². The van der Waals surface area contributed by atoms with Crippen molar-refractivity contribution in [1.82, 2.24) is 5.32 Å². The summed E-state index contributed by atoms with van der Waals surface area (Å²) in [4.78, 5) is 20.7. The number of phosphoric acid groups is 1. The molecule has 0 aromatic carbocycles. The predicted molar refractivity (Wildman–Crippen MR) is 91.1 cm³/mol. The van der Waals surface area contributed by atoms with Crippen molar-refractivity contribution >= 4 is 13.9 Å². The maximum Gasteiger partial charge on any atom is 0.471 e. The monoisotopic (exact) mass is 403 g/mol. The Morgan fingerprint density at radius 1 is 1.04 bits per heavy atom. The summed E-state index contributed by atoms with van der Waals surface area (Å²) in [6, 6.07) is 0. The predicted octanol–water partition coefficient (Wildman–Crippen LogP) is 0.561. The summed E-state index contributed by atoms with van der Waals surface area (Å²) < 4.78 is 45.7. The molecule has 2 atom stereocenters. The van der Waals surface area contributed by atoms with E-state index in [2.05, 4.69) is 14.4 Å². The molecule has 1 amide bonds. The van der Waals surface area contributed by atoms with Crippen molar-refractivity contribution in [3.8, 4) is 0 Å². The van der Waals surface area contributed by atoms with Gasteiger partial charge >= 0.3 is 13.9 Å². The zero-order valence-electron chi connectivity index (χ0n) is 15.5. The summed E-state index contributed by atoms with van der Waals surface area (Å²) in [6.45, 7) is 2.04. The van der Waals surface area contributed by atoms with Gasteiger partial charge in [-0.15, -0.1) is 0 Å². The molecule has 0 radical (unpaired) electrons. The second kappa shape index (κ2) is 16.4. The molecule has 0 aromatic rings. The highest BCUT2D eigenvalue weighted by Gasteiger charge is 2.17. The fraction of sp³-hybridized carbons (Fsp3) is 0.929. The van der Waals surface area contributed by atoms with E-state index in [1.165, 1.54) is 0 Å². The van der Waals surface area contributed by atoms with E-state index in [1.807, 2.05) is 0 Å². The number of methoxy groups -OCH3 is 2. The number of alkyl carbamates (subject to hydrolysis) is 1. The summed E-state index contributed by atoms with van der Waals surface area (Å²) in [5.74, 6) is 0. The van der Waals surface area contributed by atoms with Gasteiger partial charge in [0.25, 0.3) is 0 Å². The topological polar surface area (TPSA) is 131 Å². The highest BCUT2D eigenvalue weighted by atomic mass is 31.2. The van der Waals surface area contributed by atoms with E-state index in [0.29, 0.717) is 32.8 Å². The third-order valence-corrected chi connectivity index (χ3v) is 3.82. The van der Waals surface area contributed by atoms with E-state index in [9.17, 15) is 9.36 Å². The van der Waals surface area contributed by atoms with Crippen molar-refractivity contribution < 1.29 is 47.0 Å². The molecule has 0 aromatic heterocycles. The molecule has 0 saturated heterocycles. The van der Waals surface area contributed by atoms with Crippen LogP contribution < -0.4 is 5.32 Å². The first-order valence-corrected chi connectivity index (χ1v) is 9.55.